The minimum absolute atomic E-state index is 0.129. The van der Waals surface area contributed by atoms with Gasteiger partial charge < -0.3 is 20.3 Å². The van der Waals surface area contributed by atoms with Crippen molar-refractivity contribution in [2.75, 3.05) is 29.9 Å². The molecule has 0 bridgehead atoms. The summed E-state index contributed by atoms with van der Waals surface area (Å²) < 4.78 is 45.2. The molecule has 0 unspecified atom stereocenters. The minimum atomic E-state index is -4.63. The zero-order valence-electron chi connectivity index (χ0n) is 18.2. The predicted octanol–water partition coefficient (Wildman–Crippen LogP) is 4.36. The number of alkyl halides is 3. The molecular formula is C23H23BrF3N3O4. The molecule has 11 heteroatoms. The van der Waals surface area contributed by atoms with Gasteiger partial charge in [0.05, 0.1) is 17.2 Å². The van der Waals surface area contributed by atoms with Gasteiger partial charge in [0.1, 0.15) is 5.75 Å². The van der Waals surface area contributed by atoms with Crippen molar-refractivity contribution in [2.45, 2.75) is 25.9 Å². The van der Waals surface area contributed by atoms with Crippen LogP contribution in [0.5, 0.6) is 5.75 Å². The monoisotopic (exact) mass is 541 g/mol. The zero-order valence-corrected chi connectivity index (χ0v) is 19.8. The van der Waals surface area contributed by atoms with Gasteiger partial charge in [-0.05, 0) is 48.9 Å². The van der Waals surface area contributed by atoms with Gasteiger partial charge in [0.25, 0.3) is 5.91 Å². The summed E-state index contributed by atoms with van der Waals surface area (Å²) in [6.45, 7) is 2.27. The van der Waals surface area contributed by atoms with Crippen LogP contribution in [0, 0.1) is 5.92 Å². The average molecular weight is 542 g/mol. The molecule has 34 heavy (non-hydrogen) atoms. The summed E-state index contributed by atoms with van der Waals surface area (Å²) in [7, 11) is 0. The van der Waals surface area contributed by atoms with Crippen LogP contribution in [0.15, 0.2) is 46.9 Å². The van der Waals surface area contributed by atoms with Gasteiger partial charge in [0.15, 0.2) is 6.61 Å². The zero-order chi connectivity index (χ0) is 24.9. The van der Waals surface area contributed by atoms with Crippen LogP contribution < -0.4 is 20.3 Å². The van der Waals surface area contributed by atoms with Crippen molar-refractivity contribution in [1.82, 2.24) is 5.32 Å². The number of nitrogens with zero attached hydrogens (tertiary/aromatic N) is 1. The Balaban J connectivity index is 1.56. The fraction of sp³-hybridized carbons (Fsp3) is 0.348. The Morgan fingerprint density at radius 2 is 1.88 bits per heavy atom. The lowest BCUT2D eigenvalue weighted by Gasteiger charge is -2.17. The molecule has 1 fully saturated rings. The molecule has 1 saturated heterocycles. The first-order valence-electron chi connectivity index (χ1n) is 10.6. The standard InChI is InChI=1S/C23H23BrF3N3O4/c1-2-9-28-22(33)14-10-21(32)30(12-14)16-4-6-17(7-5-16)34-13-20(31)29-19-8-3-15(24)11-18(19)23(25,26)27/h3-8,11,14H,2,9-10,12-13H2,1H3,(H,28,33)(H,29,31)/t14-/m1/s1. The number of rotatable bonds is 8. The van der Waals surface area contributed by atoms with Crippen molar-refractivity contribution in [1.29, 1.82) is 0 Å². The van der Waals surface area contributed by atoms with Crippen molar-refractivity contribution in [2.24, 2.45) is 5.92 Å². The second-order valence-electron chi connectivity index (χ2n) is 7.71. The Morgan fingerprint density at radius 3 is 2.53 bits per heavy atom. The van der Waals surface area contributed by atoms with Crippen molar-refractivity contribution in [3.63, 3.8) is 0 Å². The first-order valence-corrected chi connectivity index (χ1v) is 11.3. The van der Waals surface area contributed by atoms with Gasteiger partial charge in [0.2, 0.25) is 11.8 Å². The molecule has 0 aliphatic carbocycles. The molecule has 0 saturated carbocycles. The van der Waals surface area contributed by atoms with Gasteiger partial charge >= 0.3 is 6.18 Å². The van der Waals surface area contributed by atoms with Crippen LogP contribution in [-0.2, 0) is 20.6 Å². The van der Waals surface area contributed by atoms with Crippen LogP contribution in [0.4, 0.5) is 24.5 Å². The van der Waals surface area contributed by atoms with E-state index in [1.807, 2.05) is 6.92 Å². The number of amides is 3. The molecule has 1 atom stereocenters. The van der Waals surface area contributed by atoms with Crippen molar-refractivity contribution >= 4 is 45.0 Å². The predicted molar refractivity (Wildman–Crippen MR) is 123 cm³/mol. The van der Waals surface area contributed by atoms with E-state index in [-0.39, 0.29) is 34.9 Å². The fourth-order valence-electron chi connectivity index (χ4n) is 3.44. The van der Waals surface area contributed by atoms with E-state index >= 15 is 0 Å². The Kier molecular flexibility index (Phi) is 8.19. The molecule has 1 aliphatic rings. The average Bonchev–Trinajstić information content (AvgIpc) is 3.18. The molecule has 1 heterocycles. The minimum Gasteiger partial charge on any atom is -0.484 e. The number of carbonyl (C=O) groups is 3. The summed E-state index contributed by atoms with van der Waals surface area (Å²) in [5.74, 6) is -1.19. The third kappa shape index (κ3) is 6.49. The highest BCUT2D eigenvalue weighted by molar-refractivity contribution is 9.10. The highest BCUT2D eigenvalue weighted by atomic mass is 79.9. The summed E-state index contributed by atoms with van der Waals surface area (Å²) in [5, 5.41) is 5.01. The van der Waals surface area contributed by atoms with Crippen LogP contribution in [-0.4, -0.2) is 37.4 Å². The van der Waals surface area contributed by atoms with E-state index in [2.05, 4.69) is 26.6 Å². The van der Waals surface area contributed by atoms with Crippen LogP contribution in [0.2, 0.25) is 0 Å². The number of hydrogen-bond acceptors (Lipinski definition) is 4. The van der Waals surface area contributed by atoms with E-state index in [4.69, 9.17) is 4.74 Å². The Labute approximate surface area is 202 Å². The van der Waals surface area contributed by atoms with Gasteiger partial charge in [0, 0.05) is 29.7 Å². The molecule has 3 amide bonds. The molecule has 2 aromatic carbocycles. The molecular weight excluding hydrogens is 519 g/mol. The first-order chi connectivity index (χ1) is 16.1. The largest absolute Gasteiger partial charge is 0.484 e. The van der Waals surface area contributed by atoms with Crippen LogP contribution in [0.1, 0.15) is 25.3 Å². The van der Waals surface area contributed by atoms with E-state index in [1.54, 1.807) is 24.3 Å². The lowest BCUT2D eigenvalue weighted by Crippen LogP contribution is -2.33. The van der Waals surface area contributed by atoms with Crippen molar-refractivity contribution in [3.8, 4) is 5.75 Å². The van der Waals surface area contributed by atoms with Crippen molar-refractivity contribution < 1.29 is 32.3 Å². The normalized spacial score (nSPS) is 15.9. The molecule has 2 N–H and O–H groups in total. The summed E-state index contributed by atoms with van der Waals surface area (Å²) in [6.07, 6.45) is -3.70. The quantitative estimate of drug-likeness (QED) is 0.519. The Bertz CT molecular complexity index is 1060. The summed E-state index contributed by atoms with van der Waals surface area (Å²) >= 11 is 2.99. The third-order valence-corrected chi connectivity index (χ3v) is 5.62. The smallest absolute Gasteiger partial charge is 0.418 e. The topological polar surface area (TPSA) is 87.7 Å². The Morgan fingerprint density at radius 1 is 1.18 bits per heavy atom. The van der Waals surface area contributed by atoms with E-state index in [1.165, 1.54) is 11.0 Å². The molecule has 7 nitrogen and oxygen atoms in total. The first kappa shape index (κ1) is 25.5. The fourth-order valence-corrected chi connectivity index (χ4v) is 3.80. The summed E-state index contributed by atoms with van der Waals surface area (Å²) in [6, 6.07) is 9.75. The van der Waals surface area contributed by atoms with E-state index in [9.17, 15) is 27.6 Å². The number of benzene rings is 2. The van der Waals surface area contributed by atoms with Gasteiger partial charge in [-0.1, -0.05) is 22.9 Å². The SMILES string of the molecule is CCCNC(=O)[C@@H]1CC(=O)N(c2ccc(OCC(=O)Nc3ccc(Br)cc3C(F)(F)F)cc2)C1. The second-order valence-corrected chi connectivity index (χ2v) is 8.63. The number of hydrogen-bond donors (Lipinski definition) is 2. The van der Waals surface area contributed by atoms with Gasteiger partial charge in [-0.25, -0.2) is 0 Å². The highest BCUT2D eigenvalue weighted by Gasteiger charge is 2.35. The van der Waals surface area contributed by atoms with Gasteiger partial charge in [-0.2, -0.15) is 13.2 Å². The number of halogens is 4. The molecule has 182 valence electrons. The van der Waals surface area contributed by atoms with E-state index in [0.29, 0.717) is 18.0 Å². The van der Waals surface area contributed by atoms with Crippen molar-refractivity contribution in [3.05, 3.63) is 52.5 Å². The van der Waals surface area contributed by atoms with Gasteiger partial charge in [-0.15, -0.1) is 0 Å². The summed E-state index contributed by atoms with van der Waals surface area (Å²) in [5.41, 5.74) is -0.765. The van der Waals surface area contributed by atoms with Crippen LogP contribution in [0.25, 0.3) is 0 Å². The van der Waals surface area contributed by atoms with Crippen LogP contribution >= 0.6 is 15.9 Å². The lowest BCUT2D eigenvalue weighted by molar-refractivity contribution is -0.137. The molecule has 2 aromatic rings. The Hall–Kier alpha value is -3.08. The third-order valence-electron chi connectivity index (χ3n) is 5.12. The maximum Gasteiger partial charge on any atom is 0.418 e. The maximum atomic E-state index is 13.2. The van der Waals surface area contributed by atoms with E-state index < -0.39 is 30.2 Å². The van der Waals surface area contributed by atoms with Gasteiger partial charge in [-0.3, -0.25) is 14.4 Å². The molecule has 0 radical (unpaired) electrons. The van der Waals surface area contributed by atoms with Crippen LogP contribution in [0.3, 0.4) is 0 Å². The number of ether oxygens (including phenoxy) is 1. The molecule has 1 aliphatic heterocycles. The lowest BCUT2D eigenvalue weighted by atomic mass is 10.1. The number of carbonyl (C=O) groups excluding carboxylic acids is 3. The highest BCUT2D eigenvalue weighted by Crippen LogP contribution is 2.36. The molecule has 0 aromatic heterocycles. The maximum absolute atomic E-state index is 13.2. The van der Waals surface area contributed by atoms with E-state index in [0.717, 1.165) is 18.6 Å². The number of nitrogens with one attached hydrogen (secondary N) is 2. The summed E-state index contributed by atoms with van der Waals surface area (Å²) in [4.78, 5) is 38.1. The molecule has 0 spiro atoms. The molecule has 3 rings (SSSR count). The second kappa shape index (κ2) is 10.9. The number of anilines is 2.